The van der Waals surface area contributed by atoms with Gasteiger partial charge in [-0.1, -0.05) is 17.7 Å². The first kappa shape index (κ1) is 15.8. The molecule has 116 valence electrons. The van der Waals surface area contributed by atoms with E-state index >= 15 is 0 Å². The van der Waals surface area contributed by atoms with Crippen LogP contribution in [0.25, 0.3) is 0 Å². The van der Waals surface area contributed by atoms with Crippen molar-refractivity contribution in [2.75, 3.05) is 11.9 Å². The maximum absolute atomic E-state index is 12.5. The summed E-state index contributed by atoms with van der Waals surface area (Å²) in [6.07, 6.45) is -3.57. The lowest BCUT2D eigenvalue weighted by Crippen LogP contribution is -2.20. The fraction of sp³-hybridized carbons (Fsp3) is 0.200. The third kappa shape index (κ3) is 4.47. The molecule has 22 heavy (non-hydrogen) atoms. The number of nitrogens with one attached hydrogen (secondary N) is 1. The lowest BCUT2D eigenvalue weighted by molar-refractivity contribution is -0.141. The number of hydrogen-bond donors (Lipinski definition) is 1. The molecule has 0 bridgehead atoms. The Morgan fingerprint density at radius 3 is 2.55 bits per heavy atom. The van der Waals surface area contributed by atoms with Crippen LogP contribution in [0.4, 0.5) is 18.9 Å². The molecule has 0 fully saturated rings. The number of amides is 1. The van der Waals surface area contributed by atoms with Crippen molar-refractivity contribution in [2.24, 2.45) is 0 Å². The number of carbonyl (C=O) groups is 1. The smallest absolute Gasteiger partial charge is 0.433 e. The molecule has 0 aliphatic rings. The lowest BCUT2D eigenvalue weighted by Gasteiger charge is -2.10. The zero-order valence-corrected chi connectivity index (χ0v) is 11.6. The van der Waals surface area contributed by atoms with E-state index in [-0.39, 0.29) is 12.3 Å². The Labute approximate surface area is 124 Å². The van der Waals surface area contributed by atoms with Crippen molar-refractivity contribution in [3.05, 3.63) is 53.9 Å². The maximum Gasteiger partial charge on any atom is 0.433 e. The van der Waals surface area contributed by atoms with Crippen molar-refractivity contribution in [2.45, 2.75) is 13.1 Å². The van der Waals surface area contributed by atoms with Crippen LogP contribution >= 0.6 is 0 Å². The molecule has 0 aliphatic carbocycles. The molecule has 1 aromatic heterocycles. The quantitative estimate of drug-likeness (QED) is 0.941. The van der Waals surface area contributed by atoms with E-state index in [1.165, 1.54) is 6.07 Å². The highest BCUT2D eigenvalue weighted by Gasteiger charge is 2.32. The van der Waals surface area contributed by atoms with Gasteiger partial charge in [-0.3, -0.25) is 9.78 Å². The molecule has 7 heteroatoms. The number of pyridine rings is 1. The van der Waals surface area contributed by atoms with Crippen LogP contribution in [0.1, 0.15) is 11.3 Å². The number of carbonyl (C=O) groups excluding carboxylic acids is 1. The van der Waals surface area contributed by atoms with E-state index in [9.17, 15) is 18.0 Å². The number of aromatic nitrogens is 1. The number of benzene rings is 1. The van der Waals surface area contributed by atoms with E-state index in [1.807, 2.05) is 19.1 Å². The number of rotatable bonds is 4. The Bertz CT molecular complexity index is 655. The predicted octanol–water partition coefficient (Wildman–Crippen LogP) is 3.43. The van der Waals surface area contributed by atoms with Gasteiger partial charge in [-0.25, -0.2) is 0 Å². The van der Waals surface area contributed by atoms with Crippen LogP contribution in [0, 0.1) is 6.92 Å². The molecule has 0 spiro atoms. The average molecular weight is 310 g/mol. The van der Waals surface area contributed by atoms with Crippen LogP contribution < -0.4 is 10.1 Å². The Hall–Kier alpha value is -2.57. The zero-order chi connectivity index (χ0) is 16.2. The van der Waals surface area contributed by atoms with E-state index < -0.39 is 17.8 Å². The van der Waals surface area contributed by atoms with Crippen molar-refractivity contribution in [1.82, 2.24) is 4.98 Å². The van der Waals surface area contributed by atoms with Gasteiger partial charge in [-0.05, 0) is 31.2 Å². The van der Waals surface area contributed by atoms with E-state index in [0.717, 1.165) is 17.8 Å². The molecule has 4 nitrogen and oxygen atoms in total. The molecule has 1 heterocycles. The summed E-state index contributed by atoms with van der Waals surface area (Å²) in [5.41, 5.74) is -0.00199. The summed E-state index contributed by atoms with van der Waals surface area (Å²) in [5, 5.41) is 2.33. The third-order valence-corrected chi connectivity index (χ3v) is 2.73. The highest BCUT2D eigenvalue weighted by atomic mass is 19.4. The molecule has 0 atom stereocenters. The monoisotopic (exact) mass is 310 g/mol. The average Bonchev–Trinajstić information content (AvgIpc) is 2.46. The number of hydrogen-bond acceptors (Lipinski definition) is 3. The number of anilines is 1. The van der Waals surface area contributed by atoms with Crippen LogP contribution in [0.5, 0.6) is 5.75 Å². The topological polar surface area (TPSA) is 51.2 Å². The predicted molar refractivity (Wildman–Crippen MR) is 74.5 cm³/mol. The van der Waals surface area contributed by atoms with Gasteiger partial charge >= 0.3 is 6.18 Å². The van der Waals surface area contributed by atoms with Crippen molar-refractivity contribution in [3.63, 3.8) is 0 Å². The largest absolute Gasteiger partial charge is 0.484 e. The molecule has 0 aliphatic heterocycles. The normalized spacial score (nSPS) is 11.1. The molecule has 0 radical (unpaired) electrons. The third-order valence-electron chi connectivity index (χ3n) is 2.73. The van der Waals surface area contributed by atoms with Crippen LogP contribution in [-0.4, -0.2) is 17.5 Å². The summed E-state index contributed by atoms with van der Waals surface area (Å²) in [6, 6.07) is 9.10. The highest BCUT2D eigenvalue weighted by Crippen LogP contribution is 2.28. The second kappa shape index (κ2) is 6.46. The van der Waals surface area contributed by atoms with Crippen molar-refractivity contribution in [1.29, 1.82) is 0 Å². The Balaban J connectivity index is 1.93. The van der Waals surface area contributed by atoms with Crippen LogP contribution in [0.15, 0.2) is 42.6 Å². The van der Waals surface area contributed by atoms with Crippen molar-refractivity contribution in [3.8, 4) is 5.75 Å². The minimum atomic E-state index is -4.56. The van der Waals surface area contributed by atoms with E-state index in [4.69, 9.17) is 4.74 Å². The van der Waals surface area contributed by atoms with Gasteiger partial charge in [0.25, 0.3) is 5.91 Å². The molecule has 2 rings (SSSR count). The van der Waals surface area contributed by atoms with Crippen molar-refractivity contribution < 1.29 is 22.7 Å². The standard InChI is InChI=1S/C15H13F3N2O2/c1-10-2-4-12(5-3-10)22-9-14(21)20-11-6-7-19-13(8-11)15(16,17)18/h2-8H,9H2,1H3,(H,19,20,21). The second-order valence-electron chi connectivity index (χ2n) is 4.58. The Morgan fingerprint density at radius 1 is 1.23 bits per heavy atom. The first-order valence-electron chi connectivity index (χ1n) is 6.37. The van der Waals surface area contributed by atoms with Gasteiger partial charge in [-0.15, -0.1) is 0 Å². The van der Waals surface area contributed by atoms with Crippen LogP contribution in [0.2, 0.25) is 0 Å². The molecule has 1 aromatic carbocycles. The number of alkyl halides is 3. The fourth-order valence-corrected chi connectivity index (χ4v) is 1.64. The maximum atomic E-state index is 12.5. The zero-order valence-electron chi connectivity index (χ0n) is 11.6. The van der Waals surface area contributed by atoms with Gasteiger partial charge < -0.3 is 10.1 Å². The molecule has 1 amide bonds. The summed E-state index contributed by atoms with van der Waals surface area (Å²) in [6.45, 7) is 1.62. The molecule has 2 aromatic rings. The van der Waals surface area contributed by atoms with Crippen LogP contribution in [-0.2, 0) is 11.0 Å². The van der Waals surface area contributed by atoms with Gasteiger partial charge in [0.15, 0.2) is 6.61 Å². The van der Waals surface area contributed by atoms with Gasteiger partial charge in [0, 0.05) is 11.9 Å². The summed E-state index contributed by atoms with van der Waals surface area (Å²) >= 11 is 0. The first-order chi connectivity index (χ1) is 10.3. The highest BCUT2D eigenvalue weighted by molar-refractivity contribution is 5.91. The Morgan fingerprint density at radius 2 is 1.91 bits per heavy atom. The van der Waals surface area contributed by atoms with Gasteiger partial charge in [-0.2, -0.15) is 13.2 Å². The van der Waals surface area contributed by atoms with Gasteiger partial charge in [0.05, 0.1) is 0 Å². The van der Waals surface area contributed by atoms with Gasteiger partial charge in [0.1, 0.15) is 11.4 Å². The summed E-state index contributed by atoms with van der Waals surface area (Å²) in [5.74, 6) is -0.0497. The molecular weight excluding hydrogens is 297 g/mol. The SMILES string of the molecule is Cc1ccc(OCC(=O)Nc2ccnc(C(F)(F)F)c2)cc1. The molecule has 0 saturated carbocycles. The van der Waals surface area contributed by atoms with Crippen molar-refractivity contribution >= 4 is 11.6 Å². The number of aryl methyl sites for hydroxylation is 1. The first-order valence-corrected chi connectivity index (χ1v) is 6.37. The lowest BCUT2D eigenvalue weighted by atomic mass is 10.2. The number of nitrogens with zero attached hydrogens (tertiary/aromatic N) is 1. The molecule has 0 unspecified atom stereocenters. The summed E-state index contributed by atoms with van der Waals surface area (Å²) < 4.78 is 42.8. The summed E-state index contributed by atoms with van der Waals surface area (Å²) in [4.78, 5) is 14.9. The minimum Gasteiger partial charge on any atom is -0.484 e. The molecule has 0 saturated heterocycles. The number of halogens is 3. The van der Waals surface area contributed by atoms with Crippen LogP contribution in [0.3, 0.4) is 0 Å². The summed E-state index contributed by atoms with van der Waals surface area (Å²) in [7, 11) is 0. The van der Waals surface area contributed by atoms with Gasteiger partial charge in [0.2, 0.25) is 0 Å². The molecular formula is C15H13F3N2O2. The van der Waals surface area contributed by atoms with E-state index in [1.54, 1.807) is 12.1 Å². The van der Waals surface area contributed by atoms with E-state index in [0.29, 0.717) is 5.75 Å². The fourth-order valence-electron chi connectivity index (χ4n) is 1.64. The Kier molecular flexibility index (Phi) is 4.65. The molecule has 1 N–H and O–H groups in total. The number of ether oxygens (including phenoxy) is 1. The van der Waals surface area contributed by atoms with E-state index in [2.05, 4.69) is 10.3 Å². The second-order valence-corrected chi connectivity index (χ2v) is 4.58. The minimum absolute atomic E-state index is 0.0137.